The number of carbonyl (C=O) groups is 1. The number of esters is 1. The van der Waals surface area contributed by atoms with Gasteiger partial charge in [0.25, 0.3) is 0 Å². The highest BCUT2D eigenvalue weighted by atomic mass is 16.5. The average molecular weight is 397 g/mol. The molecule has 0 spiro atoms. The first-order chi connectivity index (χ1) is 14.1. The lowest BCUT2D eigenvalue weighted by Crippen LogP contribution is -2.11. The molecule has 0 radical (unpaired) electrons. The van der Waals surface area contributed by atoms with E-state index in [1.54, 1.807) is 0 Å². The number of rotatable bonds is 13. The van der Waals surface area contributed by atoms with Crippen LogP contribution in [0.5, 0.6) is 5.75 Å². The predicted octanol–water partition coefficient (Wildman–Crippen LogP) is 7.30. The fraction of sp³-hybridized carbons (Fsp3) is 0.500. The van der Waals surface area contributed by atoms with Crippen LogP contribution in [0.4, 0.5) is 0 Å². The minimum atomic E-state index is -0.254. The first-order valence-corrected chi connectivity index (χ1v) is 11.1. The summed E-state index contributed by atoms with van der Waals surface area (Å²) in [6.45, 7) is 7.66. The summed E-state index contributed by atoms with van der Waals surface area (Å²) >= 11 is 0. The van der Waals surface area contributed by atoms with Crippen molar-refractivity contribution in [2.75, 3.05) is 13.2 Å². The highest BCUT2D eigenvalue weighted by Crippen LogP contribution is 2.23. The van der Waals surface area contributed by atoms with Crippen LogP contribution in [-0.2, 0) is 4.74 Å². The summed E-state index contributed by atoms with van der Waals surface area (Å²) in [4.78, 5) is 12.1. The van der Waals surface area contributed by atoms with Crippen LogP contribution in [0.15, 0.2) is 48.5 Å². The van der Waals surface area contributed by atoms with Crippen molar-refractivity contribution >= 4 is 5.97 Å². The van der Waals surface area contributed by atoms with Gasteiger partial charge in [0, 0.05) is 0 Å². The zero-order valence-electron chi connectivity index (χ0n) is 18.3. The van der Waals surface area contributed by atoms with Gasteiger partial charge in [0.2, 0.25) is 0 Å². The van der Waals surface area contributed by atoms with Gasteiger partial charge in [0.15, 0.2) is 0 Å². The molecule has 0 aliphatic heterocycles. The van der Waals surface area contributed by atoms with Crippen molar-refractivity contribution in [1.29, 1.82) is 0 Å². The number of benzene rings is 2. The molecule has 0 aromatic heterocycles. The predicted molar refractivity (Wildman–Crippen MR) is 120 cm³/mol. The SMILES string of the molecule is CCCCCCCCOc1ccc(-c2ccc(C(=O)OCC(C)CC)cc2)cc1. The summed E-state index contributed by atoms with van der Waals surface area (Å²) in [5.74, 6) is 1.04. The summed E-state index contributed by atoms with van der Waals surface area (Å²) in [5.41, 5.74) is 2.78. The van der Waals surface area contributed by atoms with E-state index in [4.69, 9.17) is 9.47 Å². The third-order valence-electron chi connectivity index (χ3n) is 5.27. The smallest absolute Gasteiger partial charge is 0.338 e. The largest absolute Gasteiger partial charge is 0.494 e. The third-order valence-corrected chi connectivity index (χ3v) is 5.27. The molecule has 0 aliphatic carbocycles. The third kappa shape index (κ3) is 8.31. The Labute approximate surface area is 176 Å². The molecule has 2 aromatic rings. The minimum absolute atomic E-state index is 0.254. The van der Waals surface area contributed by atoms with E-state index < -0.39 is 0 Å². The molecular formula is C26H36O3. The van der Waals surface area contributed by atoms with Gasteiger partial charge in [-0.25, -0.2) is 4.79 Å². The average Bonchev–Trinajstić information content (AvgIpc) is 2.77. The van der Waals surface area contributed by atoms with Crippen LogP contribution in [0.25, 0.3) is 11.1 Å². The molecule has 3 nitrogen and oxygen atoms in total. The molecule has 158 valence electrons. The van der Waals surface area contributed by atoms with E-state index in [9.17, 15) is 4.79 Å². The van der Waals surface area contributed by atoms with Gasteiger partial charge < -0.3 is 9.47 Å². The molecule has 1 unspecified atom stereocenters. The second-order valence-electron chi connectivity index (χ2n) is 7.83. The molecule has 0 N–H and O–H groups in total. The molecule has 3 heteroatoms. The topological polar surface area (TPSA) is 35.5 Å². The van der Waals surface area contributed by atoms with Crippen molar-refractivity contribution in [3.05, 3.63) is 54.1 Å². The van der Waals surface area contributed by atoms with Crippen LogP contribution >= 0.6 is 0 Å². The van der Waals surface area contributed by atoms with Crippen molar-refractivity contribution in [1.82, 2.24) is 0 Å². The van der Waals surface area contributed by atoms with Gasteiger partial charge in [-0.2, -0.15) is 0 Å². The van der Waals surface area contributed by atoms with E-state index in [0.29, 0.717) is 18.1 Å². The van der Waals surface area contributed by atoms with E-state index in [-0.39, 0.29) is 5.97 Å². The number of hydrogen-bond acceptors (Lipinski definition) is 3. The lowest BCUT2D eigenvalue weighted by molar-refractivity contribution is 0.0447. The van der Waals surface area contributed by atoms with E-state index in [2.05, 4.69) is 32.9 Å². The molecule has 2 aromatic carbocycles. The van der Waals surface area contributed by atoms with Crippen molar-refractivity contribution in [3.63, 3.8) is 0 Å². The Hall–Kier alpha value is -2.29. The van der Waals surface area contributed by atoms with Crippen LogP contribution in [0, 0.1) is 5.92 Å². The molecule has 2 rings (SSSR count). The second kappa shape index (κ2) is 13.0. The van der Waals surface area contributed by atoms with E-state index in [1.165, 1.54) is 32.1 Å². The lowest BCUT2D eigenvalue weighted by Gasteiger charge is -2.10. The van der Waals surface area contributed by atoms with Gasteiger partial charge in [-0.05, 0) is 47.7 Å². The quantitative estimate of drug-likeness (QED) is 0.263. The molecule has 0 saturated carbocycles. The molecule has 1 atom stereocenters. The number of carbonyl (C=O) groups excluding carboxylic acids is 1. The van der Waals surface area contributed by atoms with Crippen molar-refractivity contribution in [3.8, 4) is 16.9 Å². The Morgan fingerprint density at radius 1 is 0.828 bits per heavy atom. The van der Waals surface area contributed by atoms with Crippen molar-refractivity contribution in [2.24, 2.45) is 5.92 Å². The number of ether oxygens (including phenoxy) is 2. The maximum atomic E-state index is 12.1. The first kappa shape index (κ1) is 23.0. The van der Waals surface area contributed by atoms with Crippen molar-refractivity contribution < 1.29 is 14.3 Å². The van der Waals surface area contributed by atoms with E-state index in [1.807, 2.05) is 36.4 Å². The van der Waals surface area contributed by atoms with E-state index in [0.717, 1.165) is 36.3 Å². The lowest BCUT2D eigenvalue weighted by atomic mass is 10.0. The number of unbranched alkanes of at least 4 members (excludes halogenated alkanes) is 5. The van der Waals surface area contributed by atoms with Crippen molar-refractivity contribution in [2.45, 2.75) is 65.7 Å². The van der Waals surface area contributed by atoms with Crippen LogP contribution in [0.3, 0.4) is 0 Å². The molecule has 29 heavy (non-hydrogen) atoms. The fourth-order valence-corrected chi connectivity index (χ4v) is 3.03. The molecule has 0 bridgehead atoms. The van der Waals surface area contributed by atoms with Crippen LogP contribution in [0.2, 0.25) is 0 Å². The van der Waals surface area contributed by atoms with Crippen LogP contribution in [0.1, 0.15) is 76.1 Å². The Morgan fingerprint density at radius 2 is 1.41 bits per heavy atom. The number of hydrogen-bond donors (Lipinski definition) is 0. The molecule has 0 fully saturated rings. The molecule has 0 heterocycles. The molecule has 0 aliphatic rings. The van der Waals surface area contributed by atoms with Gasteiger partial charge >= 0.3 is 5.97 Å². The monoisotopic (exact) mass is 396 g/mol. The molecule has 0 saturated heterocycles. The maximum absolute atomic E-state index is 12.1. The summed E-state index contributed by atoms with van der Waals surface area (Å²) in [6, 6.07) is 15.7. The summed E-state index contributed by atoms with van der Waals surface area (Å²) in [7, 11) is 0. The van der Waals surface area contributed by atoms with Gasteiger partial charge in [-0.1, -0.05) is 83.6 Å². The zero-order chi connectivity index (χ0) is 20.9. The van der Waals surface area contributed by atoms with Gasteiger partial charge in [0.1, 0.15) is 5.75 Å². The Balaban J connectivity index is 1.79. The second-order valence-corrected chi connectivity index (χ2v) is 7.83. The standard InChI is InChI=1S/C26H36O3/c1-4-6-7-8-9-10-19-28-25-17-15-23(16-18-25)22-11-13-24(14-12-22)26(27)29-20-21(3)5-2/h11-18,21H,4-10,19-20H2,1-3H3. The highest BCUT2D eigenvalue weighted by molar-refractivity contribution is 5.90. The normalized spacial score (nSPS) is 11.8. The Kier molecular flexibility index (Phi) is 10.3. The van der Waals surface area contributed by atoms with Gasteiger partial charge in [-0.15, -0.1) is 0 Å². The van der Waals surface area contributed by atoms with Crippen LogP contribution < -0.4 is 4.74 Å². The fourth-order valence-electron chi connectivity index (χ4n) is 3.03. The zero-order valence-corrected chi connectivity index (χ0v) is 18.3. The Morgan fingerprint density at radius 3 is 2.03 bits per heavy atom. The maximum Gasteiger partial charge on any atom is 0.338 e. The highest BCUT2D eigenvalue weighted by Gasteiger charge is 2.09. The van der Waals surface area contributed by atoms with Crippen LogP contribution in [-0.4, -0.2) is 19.2 Å². The van der Waals surface area contributed by atoms with E-state index >= 15 is 0 Å². The van der Waals surface area contributed by atoms with Gasteiger partial charge in [-0.3, -0.25) is 0 Å². The summed E-state index contributed by atoms with van der Waals surface area (Å²) in [6.07, 6.45) is 8.61. The summed E-state index contributed by atoms with van der Waals surface area (Å²) in [5, 5.41) is 0. The molecular weight excluding hydrogens is 360 g/mol. The molecule has 0 amide bonds. The first-order valence-electron chi connectivity index (χ1n) is 11.1. The van der Waals surface area contributed by atoms with Gasteiger partial charge in [0.05, 0.1) is 18.8 Å². The Bertz CT molecular complexity index is 704. The summed E-state index contributed by atoms with van der Waals surface area (Å²) < 4.78 is 11.2. The minimum Gasteiger partial charge on any atom is -0.494 e.